The summed E-state index contributed by atoms with van der Waals surface area (Å²) in [5, 5.41) is 11.8. The van der Waals surface area contributed by atoms with Gasteiger partial charge in [0, 0.05) is 32.3 Å². The van der Waals surface area contributed by atoms with Gasteiger partial charge in [-0.05, 0) is 53.7 Å². The van der Waals surface area contributed by atoms with Crippen LogP contribution in [0.1, 0.15) is 46.7 Å². The lowest BCUT2D eigenvalue weighted by molar-refractivity contribution is -0.116. The van der Waals surface area contributed by atoms with Crippen LogP contribution in [0.25, 0.3) is 0 Å². The number of carbonyl (C=O) groups is 2. The summed E-state index contributed by atoms with van der Waals surface area (Å²) >= 11 is 0. The minimum atomic E-state index is -0.561. The van der Waals surface area contributed by atoms with Crippen molar-refractivity contribution in [3.63, 3.8) is 0 Å². The van der Waals surface area contributed by atoms with E-state index >= 15 is 0 Å². The first-order valence-electron chi connectivity index (χ1n) is 9.59. The first-order chi connectivity index (χ1) is 13.4. The molecule has 0 unspecified atom stereocenters. The van der Waals surface area contributed by atoms with E-state index in [1.807, 2.05) is 53.7 Å². The van der Waals surface area contributed by atoms with Crippen LogP contribution in [0.15, 0.2) is 23.2 Å². The summed E-state index contributed by atoms with van der Waals surface area (Å²) < 4.78 is 5.28. The van der Waals surface area contributed by atoms with Crippen LogP contribution in [0, 0.1) is 6.92 Å². The summed E-state index contributed by atoms with van der Waals surface area (Å²) in [6, 6.07) is 5.46. The third-order valence-corrected chi connectivity index (χ3v) is 3.56. The van der Waals surface area contributed by atoms with Crippen molar-refractivity contribution in [3.8, 4) is 0 Å². The number of pyridine rings is 1. The fourth-order valence-electron chi connectivity index (χ4n) is 2.26. The number of guanidine groups is 1. The van der Waals surface area contributed by atoms with Crippen molar-refractivity contribution < 1.29 is 14.3 Å². The molecule has 0 aliphatic rings. The molecule has 0 aliphatic heterocycles. The molecule has 30 heavy (non-hydrogen) atoms. The standard InChI is InChI=1S/C20H34N6O3.HI/c1-14-9-8-10-15(24-14)25-16(27)11-12-22-17(21-7)23-13-20(5,6)26-18(28)29-19(2,3)4;/h8-10H,11-13H2,1-7H3,(H,26,28)(H2,21,22,23)(H,24,25,27);1H. The van der Waals surface area contributed by atoms with Crippen molar-refractivity contribution in [1.82, 2.24) is 20.9 Å². The van der Waals surface area contributed by atoms with Gasteiger partial charge in [0.1, 0.15) is 11.4 Å². The van der Waals surface area contributed by atoms with E-state index in [0.717, 1.165) is 5.69 Å². The van der Waals surface area contributed by atoms with E-state index in [9.17, 15) is 9.59 Å². The normalized spacial score (nSPS) is 11.8. The number of alkyl carbamates (subject to hydrolysis) is 1. The summed E-state index contributed by atoms with van der Waals surface area (Å²) in [7, 11) is 1.64. The number of aliphatic imine (C=N–C) groups is 1. The quantitative estimate of drug-likeness (QED) is 0.243. The van der Waals surface area contributed by atoms with Gasteiger partial charge in [0.05, 0.1) is 5.54 Å². The van der Waals surface area contributed by atoms with Gasteiger partial charge in [-0.25, -0.2) is 9.78 Å². The number of carbonyl (C=O) groups excluding carboxylic acids is 2. The largest absolute Gasteiger partial charge is 0.444 e. The molecular formula is C20H35IN6O3. The van der Waals surface area contributed by atoms with Crippen molar-refractivity contribution in [2.75, 3.05) is 25.5 Å². The van der Waals surface area contributed by atoms with E-state index < -0.39 is 17.2 Å². The van der Waals surface area contributed by atoms with Crippen molar-refractivity contribution in [2.45, 2.75) is 59.1 Å². The van der Waals surface area contributed by atoms with Crippen molar-refractivity contribution in [1.29, 1.82) is 0 Å². The Morgan fingerprint density at radius 2 is 1.80 bits per heavy atom. The minimum absolute atomic E-state index is 0. The Labute approximate surface area is 196 Å². The number of aromatic nitrogens is 1. The zero-order valence-corrected chi connectivity index (χ0v) is 21.2. The van der Waals surface area contributed by atoms with E-state index in [4.69, 9.17) is 4.74 Å². The number of hydrogen-bond acceptors (Lipinski definition) is 5. The van der Waals surface area contributed by atoms with Crippen LogP contribution in [0.2, 0.25) is 0 Å². The predicted octanol–water partition coefficient (Wildman–Crippen LogP) is 2.80. The van der Waals surface area contributed by atoms with E-state index in [-0.39, 0.29) is 36.3 Å². The van der Waals surface area contributed by atoms with Crippen molar-refractivity contribution in [2.24, 2.45) is 4.99 Å². The van der Waals surface area contributed by atoms with Gasteiger partial charge in [-0.2, -0.15) is 0 Å². The highest BCUT2D eigenvalue weighted by Crippen LogP contribution is 2.09. The fourth-order valence-corrected chi connectivity index (χ4v) is 2.26. The molecule has 0 aromatic carbocycles. The Morgan fingerprint density at radius 1 is 1.13 bits per heavy atom. The topological polar surface area (TPSA) is 117 Å². The van der Waals surface area contributed by atoms with Crippen LogP contribution in [0.5, 0.6) is 0 Å². The van der Waals surface area contributed by atoms with Gasteiger partial charge in [0.2, 0.25) is 5.91 Å². The highest BCUT2D eigenvalue weighted by Gasteiger charge is 2.24. The number of hydrogen-bond donors (Lipinski definition) is 4. The second kappa shape index (κ2) is 12.6. The molecule has 1 rings (SSSR count). The highest BCUT2D eigenvalue weighted by atomic mass is 127. The second-order valence-electron chi connectivity index (χ2n) is 8.33. The van der Waals surface area contributed by atoms with Crippen LogP contribution in [-0.2, 0) is 9.53 Å². The van der Waals surface area contributed by atoms with Gasteiger partial charge >= 0.3 is 6.09 Å². The molecule has 0 saturated carbocycles. The fraction of sp³-hybridized carbons (Fsp3) is 0.600. The number of rotatable bonds is 7. The molecular weight excluding hydrogens is 499 g/mol. The maximum absolute atomic E-state index is 12.0. The van der Waals surface area contributed by atoms with Gasteiger partial charge in [-0.3, -0.25) is 9.79 Å². The van der Waals surface area contributed by atoms with Gasteiger partial charge < -0.3 is 26.0 Å². The molecule has 0 spiro atoms. The van der Waals surface area contributed by atoms with Crippen molar-refractivity contribution >= 4 is 47.8 Å². The molecule has 0 atom stereocenters. The van der Waals surface area contributed by atoms with Gasteiger partial charge in [0.25, 0.3) is 0 Å². The molecule has 170 valence electrons. The third-order valence-electron chi connectivity index (χ3n) is 3.56. The second-order valence-corrected chi connectivity index (χ2v) is 8.33. The van der Waals surface area contributed by atoms with E-state index in [2.05, 4.69) is 31.2 Å². The number of halogens is 1. The van der Waals surface area contributed by atoms with Crippen LogP contribution in [0.4, 0.5) is 10.6 Å². The predicted molar refractivity (Wildman–Crippen MR) is 130 cm³/mol. The molecule has 0 aliphatic carbocycles. The molecule has 9 nitrogen and oxygen atoms in total. The molecule has 0 radical (unpaired) electrons. The number of aryl methyl sites for hydroxylation is 1. The maximum Gasteiger partial charge on any atom is 0.408 e. The molecule has 0 bridgehead atoms. The number of nitrogens with one attached hydrogen (secondary N) is 4. The van der Waals surface area contributed by atoms with Gasteiger partial charge in [-0.1, -0.05) is 6.07 Å². The number of anilines is 1. The summed E-state index contributed by atoms with van der Waals surface area (Å²) in [4.78, 5) is 32.4. The minimum Gasteiger partial charge on any atom is -0.444 e. The average molecular weight is 534 g/mol. The summed E-state index contributed by atoms with van der Waals surface area (Å²) in [6.07, 6.45) is -0.218. The Balaban J connectivity index is 0.00000841. The van der Waals surface area contributed by atoms with E-state index in [1.165, 1.54) is 0 Å². The Hall–Kier alpha value is -2.11. The average Bonchev–Trinajstić information content (AvgIpc) is 2.55. The van der Waals surface area contributed by atoms with Crippen LogP contribution in [0.3, 0.4) is 0 Å². The monoisotopic (exact) mass is 534 g/mol. The third kappa shape index (κ3) is 12.5. The number of amides is 2. The maximum atomic E-state index is 12.0. The molecule has 10 heteroatoms. The first-order valence-corrected chi connectivity index (χ1v) is 9.59. The Morgan fingerprint density at radius 3 is 2.37 bits per heavy atom. The summed E-state index contributed by atoms with van der Waals surface area (Å²) in [6.45, 7) is 11.9. The SMILES string of the molecule is CN=C(NCCC(=O)Nc1cccc(C)n1)NCC(C)(C)NC(=O)OC(C)(C)C.I. The van der Waals surface area contributed by atoms with Crippen LogP contribution < -0.4 is 21.3 Å². The molecule has 4 N–H and O–H groups in total. The molecule has 0 saturated heterocycles. The van der Waals surface area contributed by atoms with Gasteiger partial charge in [0.15, 0.2) is 5.96 Å². The lowest BCUT2D eigenvalue weighted by Crippen LogP contribution is -2.54. The lowest BCUT2D eigenvalue weighted by atomic mass is 10.1. The molecule has 1 aromatic heterocycles. The zero-order chi connectivity index (χ0) is 22.1. The molecule has 2 amide bonds. The Bertz CT molecular complexity index is 731. The number of nitrogens with zero attached hydrogens (tertiary/aromatic N) is 2. The summed E-state index contributed by atoms with van der Waals surface area (Å²) in [5.74, 6) is 0.927. The van der Waals surface area contributed by atoms with Crippen LogP contribution in [-0.4, -0.2) is 54.2 Å². The van der Waals surface area contributed by atoms with Crippen molar-refractivity contribution in [3.05, 3.63) is 23.9 Å². The lowest BCUT2D eigenvalue weighted by Gasteiger charge is -2.29. The smallest absolute Gasteiger partial charge is 0.408 e. The van der Waals surface area contributed by atoms with Crippen LogP contribution >= 0.6 is 24.0 Å². The molecule has 1 heterocycles. The number of ether oxygens (including phenoxy) is 1. The highest BCUT2D eigenvalue weighted by molar-refractivity contribution is 14.0. The zero-order valence-electron chi connectivity index (χ0n) is 18.9. The molecule has 1 aromatic rings. The summed E-state index contributed by atoms with van der Waals surface area (Å²) in [5.41, 5.74) is -0.276. The van der Waals surface area contributed by atoms with E-state index in [0.29, 0.717) is 24.9 Å². The first kappa shape index (κ1) is 27.9. The van der Waals surface area contributed by atoms with E-state index in [1.54, 1.807) is 13.1 Å². The Kier molecular flexibility index (Phi) is 11.7. The van der Waals surface area contributed by atoms with Gasteiger partial charge in [-0.15, -0.1) is 24.0 Å². The molecule has 0 fully saturated rings.